The number of furan rings is 1. The van der Waals surface area contributed by atoms with Gasteiger partial charge in [-0.05, 0) is 44.4 Å². The van der Waals surface area contributed by atoms with Crippen LogP contribution in [-0.2, 0) is 6.54 Å². The van der Waals surface area contributed by atoms with Gasteiger partial charge in [0.05, 0.1) is 6.26 Å². The van der Waals surface area contributed by atoms with Crippen molar-refractivity contribution >= 4 is 11.0 Å². The normalized spacial score (nSPS) is 26.2. The molecule has 2 aliphatic heterocycles. The summed E-state index contributed by atoms with van der Waals surface area (Å²) in [6.07, 6.45) is 5.83. The van der Waals surface area contributed by atoms with Gasteiger partial charge in [0.15, 0.2) is 0 Å². The molecule has 0 radical (unpaired) electrons. The number of hydrogen-bond acceptors (Lipinski definition) is 4. The number of benzene rings is 2. The Bertz CT molecular complexity index is 924. The number of aliphatic hydroxyl groups excluding tert-OH is 1. The maximum Gasteiger partial charge on any atom is 0.141 e. The second kappa shape index (κ2) is 7.36. The first-order valence-electron chi connectivity index (χ1n) is 10.4. The molecular weight excluding hydrogens is 348 g/mol. The van der Waals surface area contributed by atoms with Crippen LogP contribution in [0.3, 0.4) is 0 Å². The number of piperidine rings is 1. The number of hydrogen-bond donors (Lipinski definition) is 1. The zero-order valence-corrected chi connectivity index (χ0v) is 16.4. The molecule has 2 bridgehead atoms. The van der Waals surface area contributed by atoms with Crippen molar-refractivity contribution in [3.8, 4) is 0 Å². The third kappa shape index (κ3) is 3.16. The first kappa shape index (κ1) is 17.9. The number of fused-ring (bicyclic) bond motifs is 3. The summed E-state index contributed by atoms with van der Waals surface area (Å²) in [4.78, 5) is 4.85. The van der Waals surface area contributed by atoms with Gasteiger partial charge in [-0.15, -0.1) is 0 Å². The van der Waals surface area contributed by atoms with Crippen LogP contribution in [0.25, 0.3) is 11.0 Å². The molecule has 1 N–H and O–H groups in total. The standard InChI is InChI=1S/C24H28N2O2/c1-25(24(27)22-9-5-8-18-12-13-28-23(18)22)21-14-19-10-11-20(15-21)26(19)16-17-6-3-2-4-7-17/h2-9,12-13,19-21,24,27H,10-11,14-16H2,1H3. The van der Waals surface area contributed by atoms with Crippen molar-refractivity contribution in [3.05, 3.63) is 72.0 Å². The minimum Gasteiger partial charge on any atom is -0.464 e. The van der Waals surface area contributed by atoms with Crippen molar-refractivity contribution in [1.82, 2.24) is 9.80 Å². The molecule has 0 amide bonds. The van der Waals surface area contributed by atoms with Crippen LogP contribution in [0, 0.1) is 0 Å². The molecule has 2 aliphatic rings. The molecule has 0 spiro atoms. The highest BCUT2D eigenvalue weighted by atomic mass is 16.3. The third-order valence-corrected chi connectivity index (χ3v) is 6.82. The maximum atomic E-state index is 11.1. The Kier molecular flexibility index (Phi) is 4.71. The molecule has 0 aliphatic carbocycles. The Morgan fingerprint density at radius 2 is 1.79 bits per heavy atom. The summed E-state index contributed by atoms with van der Waals surface area (Å²) in [6.45, 7) is 1.04. The van der Waals surface area contributed by atoms with E-state index in [1.54, 1.807) is 6.26 Å². The van der Waals surface area contributed by atoms with Crippen LogP contribution in [0.4, 0.5) is 0 Å². The van der Waals surface area contributed by atoms with Crippen LogP contribution in [0.5, 0.6) is 0 Å². The SMILES string of the molecule is CN(C1CC2CCC(C1)N2Cc1ccccc1)C(O)c1cccc2ccoc12. The number of nitrogens with zero attached hydrogens (tertiary/aromatic N) is 2. The Morgan fingerprint density at radius 1 is 1.04 bits per heavy atom. The molecule has 3 unspecified atom stereocenters. The fraction of sp³-hybridized carbons (Fsp3) is 0.417. The highest BCUT2D eigenvalue weighted by molar-refractivity contribution is 5.80. The molecular formula is C24H28N2O2. The van der Waals surface area contributed by atoms with Crippen molar-refractivity contribution < 1.29 is 9.52 Å². The first-order chi connectivity index (χ1) is 13.7. The second-order valence-electron chi connectivity index (χ2n) is 8.39. The van der Waals surface area contributed by atoms with Gasteiger partial charge < -0.3 is 9.52 Å². The Morgan fingerprint density at radius 3 is 2.54 bits per heavy atom. The van der Waals surface area contributed by atoms with Crippen LogP contribution in [0.2, 0.25) is 0 Å². The highest BCUT2D eigenvalue weighted by Gasteiger charge is 2.42. The smallest absolute Gasteiger partial charge is 0.141 e. The minimum absolute atomic E-state index is 0.393. The summed E-state index contributed by atoms with van der Waals surface area (Å²) in [5.41, 5.74) is 3.06. The molecule has 28 heavy (non-hydrogen) atoms. The van der Waals surface area contributed by atoms with E-state index in [2.05, 4.69) is 47.2 Å². The number of para-hydroxylation sites is 1. The summed E-state index contributed by atoms with van der Waals surface area (Å²) in [5.74, 6) is 0. The largest absolute Gasteiger partial charge is 0.464 e. The van der Waals surface area contributed by atoms with E-state index in [0.29, 0.717) is 18.1 Å². The minimum atomic E-state index is -0.639. The van der Waals surface area contributed by atoms with Crippen LogP contribution >= 0.6 is 0 Å². The summed E-state index contributed by atoms with van der Waals surface area (Å²) < 4.78 is 5.65. The topological polar surface area (TPSA) is 39.9 Å². The monoisotopic (exact) mass is 376 g/mol. The molecule has 3 atom stereocenters. The van der Waals surface area contributed by atoms with Crippen molar-refractivity contribution in [1.29, 1.82) is 0 Å². The lowest BCUT2D eigenvalue weighted by atomic mass is 9.94. The molecule has 2 fully saturated rings. The van der Waals surface area contributed by atoms with E-state index < -0.39 is 6.23 Å². The lowest BCUT2D eigenvalue weighted by Gasteiger charge is -2.43. The lowest BCUT2D eigenvalue weighted by molar-refractivity contribution is -0.0390. The van der Waals surface area contributed by atoms with E-state index >= 15 is 0 Å². The zero-order chi connectivity index (χ0) is 19.1. The van der Waals surface area contributed by atoms with Gasteiger partial charge >= 0.3 is 0 Å². The molecule has 3 heterocycles. The van der Waals surface area contributed by atoms with Crippen molar-refractivity contribution in [2.45, 2.75) is 56.6 Å². The Hall–Kier alpha value is -2.14. The van der Waals surface area contributed by atoms with Crippen LogP contribution in [-0.4, -0.2) is 40.1 Å². The lowest BCUT2D eigenvalue weighted by Crippen LogP contribution is -2.49. The molecule has 3 aromatic rings. The third-order valence-electron chi connectivity index (χ3n) is 6.82. The van der Waals surface area contributed by atoms with E-state index in [9.17, 15) is 5.11 Å². The van der Waals surface area contributed by atoms with E-state index in [0.717, 1.165) is 35.9 Å². The van der Waals surface area contributed by atoms with Gasteiger partial charge in [-0.3, -0.25) is 9.80 Å². The average Bonchev–Trinajstić information content (AvgIpc) is 3.29. The summed E-state index contributed by atoms with van der Waals surface area (Å²) in [7, 11) is 2.06. The average molecular weight is 377 g/mol. The van der Waals surface area contributed by atoms with Gasteiger partial charge in [-0.25, -0.2) is 0 Å². The summed E-state index contributed by atoms with van der Waals surface area (Å²) in [6, 6.07) is 20.4. The molecule has 146 valence electrons. The fourth-order valence-corrected chi connectivity index (χ4v) is 5.27. The van der Waals surface area contributed by atoms with Gasteiger partial charge in [-0.2, -0.15) is 0 Å². The van der Waals surface area contributed by atoms with E-state index in [4.69, 9.17) is 4.42 Å². The Labute approximate surface area is 166 Å². The van der Waals surface area contributed by atoms with Gasteiger partial charge in [0.25, 0.3) is 0 Å². The molecule has 1 aromatic heterocycles. The molecule has 5 rings (SSSR count). The first-order valence-corrected chi connectivity index (χ1v) is 10.4. The zero-order valence-electron chi connectivity index (χ0n) is 16.4. The molecule has 2 aromatic carbocycles. The van der Waals surface area contributed by atoms with Crippen molar-refractivity contribution in [2.75, 3.05) is 7.05 Å². The predicted molar refractivity (Wildman–Crippen MR) is 111 cm³/mol. The number of rotatable bonds is 5. The van der Waals surface area contributed by atoms with Crippen LogP contribution < -0.4 is 0 Å². The summed E-state index contributed by atoms with van der Waals surface area (Å²) in [5, 5.41) is 12.1. The van der Waals surface area contributed by atoms with Gasteiger partial charge in [0.2, 0.25) is 0 Å². The van der Waals surface area contributed by atoms with Gasteiger partial charge in [0, 0.05) is 35.6 Å². The van der Waals surface area contributed by atoms with E-state index in [1.165, 1.54) is 18.4 Å². The van der Waals surface area contributed by atoms with Crippen LogP contribution in [0.1, 0.15) is 43.0 Å². The van der Waals surface area contributed by atoms with E-state index in [1.807, 2.05) is 24.3 Å². The van der Waals surface area contributed by atoms with Gasteiger partial charge in [0.1, 0.15) is 11.8 Å². The van der Waals surface area contributed by atoms with E-state index in [-0.39, 0.29) is 0 Å². The molecule has 4 heteroatoms. The summed E-state index contributed by atoms with van der Waals surface area (Å²) >= 11 is 0. The fourth-order valence-electron chi connectivity index (χ4n) is 5.27. The number of aliphatic hydroxyl groups is 1. The second-order valence-corrected chi connectivity index (χ2v) is 8.39. The Balaban J connectivity index is 1.31. The quantitative estimate of drug-likeness (QED) is 0.663. The highest BCUT2D eigenvalue weighted by Crippen LogP contribution is 2.40. The van der Waals surface area contributed by atoms with Crippen molar-refractivity contribution in [2.24, 2.45) is 0 Å². The molecule has 2 saturated heterocycles. The van der Waals surface area contributed by atoms with Gasteiger partial charge in [-0.1, -0.05) is 48.5 Å². The predicted octanol–water partition coefficient (Wildman–Crippen LogP) is 4.55. The van der Waals surface area contributed by atoms with Crippen molar-refractivity contribution in [3.63, 3.8) is 0 Å². The maximum absolute atomic E-state index is 11.1. The van der Waals surface area contributed by atoms with Crippen LogP contribution in [0.15, 0.2) is 65.3 Å². The molecule has 0 saturated carbocycles. The molecule has 4 nitrogen and oxygen atoms in total.